The van der Waals surface area contributed by atoms with Gasteiger partial charge in [0, 0.05) is 12.6 Å². The van der Waals surface area contributed by atoms with E-state index < -0.39 is 20.0 Å². The Hall–Kier alpha value is -2.19. The molecule has 36 heavy (non-hydrogen) atoms. The molecule has 0 spiro atoms. The third-order valence-corrected chi connectivity index (χ3v) is 12.5. The second-order valence-electron chi connectivity index (χ2n) is 12.2. The van der Waals surface area contributed by atoms with E-state index in [-0.39, 0.29) is 35.9 Å². The van der Waals surface area contributed by atoms with Crippen LogP contribution in [0, 0.1) is 0 Å². The first kappa shape index (κ1) is 26.9. The minimum Gasteiger partial charge on any atom is -0.444 e. The van der Waals surface area contributed by atoms with Crippen LogP contribution in [-0.2, 0) is 9.16 Å². The smallest absolute Gasteiger partial charge is 0.410 e. The molecular weight excluding hydrogens is 468 g/mol. The molecule has 2 N–H and O–H groups in total. The highest BCUT2D eigenvalue weighted by Crippen LogP contribution is 2.38. The molecule has 0 saturated carbocycles. The normalized spacial score (nSPS) is 23.4. The number of piperazine rings is 1. The third kappa shape index (κ3) is 5.25. The van der Waals surface area contributed by atoms with Gasteiger partial charge in [0.2, 0.25) is 0 Å². The van der Waals surface area contributed by atoms with Crippen LogP contribution in [0.15, 0.2) is 60.7 Å². The van der Waals surface area contributed by atoms with Crippen molar-refractivity contribution in [1.29, 1.82) is 0 Å². The molecule has 0 radical (unpaired) electrons. The number of amides is 1. The van der Waals surface area contributed by atoms with E-state index in [9.17, 15) is 9.90 Å². The van der Waals surface area contributed by atoms with Gasteiger partial charge >= 0.3 is 6.09 Å². The zero-order valence-electron chi connectivity index (χ0n) is 22.5. The lowest BCUT2D eigenvalue weighted by atomic mass is 10.00. The van der Waals surface area contributed by atoms with Crippen molar-refractivity contribution in [1.82, 2.24) is 10.2 Å². The summed E-state index contributed by atoms with van der Waals surface area (Å²) in [4.78, 5) is 14.9. The maximum Gasteiger partial charge on any atom is 0.410 e. The van der Waals surface area contributed by atoms with Crippen molar-refractivity contribution in [3.63, 3.8) is 0 Å². The lowest BCUT2D eigenvalue weighted by Crippen LogP contribution is -2.68. The summed E-state index contributed by atoms with van der Waals surface area (Å²) in [6.45, 7) is 13.2. The molecule has 6 nitrogen and oxygen atoms in total. The van der Waals surface area contributed by atoms with E-state index in [4.69, 9.17) is 9.16 Å². The number of rotatable bonds is 6. The van der Waals surface area contributed by atoms with Gasteiger partial charge in [-0.05, 0) is 49.0 Å². The van der Waals surface area contributed by atoms with Crippen LogP contribution in [0.25, 0.3) is 0 Å². The number of aliphatic hydroxyl groups excluding tert-OH is 1. The summed E-state index contributed by atoms with van der Waals surface area (Å²) < 4.78 is 12.7. The number of carbonyl (C=O) groups excluding carboxylic acids is 1. The Balaban J connectivity index is 1.60. The predicted molar refractivity (Wildman–Crippen MR) is 146 cm³/mol. The molecule has 2 aliphatic heterocycles. The number of carbonyl (C=O) groups is 1. The highest BCUT2D eigenvalue weighted by Gasteiger charge is 2.52. The molecule has 2 saturated heterocycles. The van der Waals surface area contributed by atoms with Gasteiger partial charge in [-0.2, -0.15) is 0 Å². The minimum atomic E-state index is -2.76. The van der Waals surface area contributed by atoms with E-state index >= 15 is 0 Å². The van der Waals surface area contributed by atoms with Crippen molar-refractivity contribution in [3.8, 4) is 0 Å². The summed E-state index contributed by atoms with van der Waals surface area (Å²) >= 11 is 0. The fourth-order valence-electron chi connectivity index (χ4n) is 5.94. The number of hydrogen-bond donors (Lipinski definition) is 2. The van der Waals surface area contributed by atoms with E-state index in [2.05, 4.69) is 74.6 Å². The predicted octanol–water partition coefficient (Wildman–Crippen LogP) is 3.66. The second-order valence-corrected chi connectivity index (χ2v) is 16.5. The molecule has 1 amide bonds. The van der Waals surface area contributed by atoms with Crippen molar-refractivity contribution in [2.75, 3.05) is 13.2 Å². The van der Waals surface area contributed by atoms with Crippen LogP contribution in [0.5, 0.6) is 0 Å². The number of benzene rings is 2. The first-order chi connectivity index (χ1) is 16.9. The average Bonchev–Trinajstić information content (AvgIpc) is 3.12. The van der Waals surface area contributed by atoms with Crippen molar-refractivity contribution in [3.05, 3.63) is 60.7 Å². The second kappa shape index (κ2) is 10.3. The first-order valence-electron chi connectivity index (χ1n) is 13.1. The van der Waals surface area contributed by atoms with Crippen LogP contribution in [0.3, 0.4) is 0 Å². The third-order valence-electron chi connectivity index (χ3n) is 7.46. The summed E-state index contributed by atoms with van der Waals surface area (Å²) in [7, 11) is -2.76. The molecule has 4 rings (SSSR count). The van der Waals surface area contributed by atoms with Crippen LogP contribution < -0.4 is 15.7 Å². The molecule has 2 fully saturated rings. The first-order valence-corrected chi connectivity index (χ1v) is 15.0. The number of ether oxygens (including phenoxy) is 1. The molecule has 2 bridgehead atoms. The number of fused-ring (bicyclic) bond motifs is 2. The Labute approximate surface area is 217 Å². The van der Waals surface area contributed by atoms with E-state index in [0.717, 1.165) is 12.8 Å². The lowest BCUT2D eigenvalue weighted by molar-refractivity contribution is -0.0168. The number of aliphatic hydroxyl groups is 1. The number of nitrogens with zero attached hydrogens (tertiary/aromatic N) is 1. The Kier molecular flexibility index (Phi) is 7.67. The lowest BCUT2D eigenvalue weighted by Gasteiger charge is -2.45. The highest BCUT2D eigenvalue weighted by atomic mass is 28.4. The van der Waals surface area contributed by atoms with Gasteiger partial charge in [-0.3, -0.25) is 4.90 Å². The molecule has 0 aromatic heterocycles. The van der Waals surface area contributed by atoms with E-state index in [1.807, 2.05) is 37.8 Å². The van der Waals surface area contributed by atoms with Crippen molar-refractivity contribution >= 4 is 24.8 Å². The SMILES string of the molecule is CC(C)(C)OC(=O)N1[C@@H]2CC[C@H]1[C@@H](C(O)CO[Si](c1ccccc1)(c1ccccc1)C(C)(C)C)NC2. The molecule has 2 aromatic rings. The monoisotopic (exact) mass is 510 g/mol. The summed E-state index contributed by atoms with van der Waals surface area (Å²) in [5, 5.41) is 17.2. The van der Waals surface area contributed by atoms with Gasteiger partial charge < -0.3 is 19.6 Å². The van der Waals surface area contributed by atoms with Gasteiger partial charge in [0.15, 0.2) is 0 Å². The highest BCUT2D eigenvalue weighted by molar-refractivity contribution is 6.99. The Morgan fingerprint density at radius 3 is 2.06 bits per heavy atom. The summed E-state index contributed by atoms with van der Waals surface area (Å²) in [6, 6.07) is 20.6. The Morgan fingerprint density at radius 1 is 1.00 bits per heavy atom. The standard InChI is InChI=1S/C29H42N2O4Si/c1-28(2,3)35-27(33)31-21-17-18-24(31)26(30-19-21)25(32)20-34-36(29(4,5)6,22-13-9-7-10-14-22)23-15-11-8-12-16-23/h7-16,21,24-26,30,32H,17-20H2,1-6H3/t21-,24+,25?,26+/m1/s1. The van der Waals surface area contributed by atoms with Crippen LogP contribution in [0.2, 0.25) is 5.04 Å². The molecule has 2 aliphatic rings. The van der Waals surface area contributed by atoms with E-state index in [0.29, 0.717) is 6.54 Å². The van der Waals surface area contributed by atoms with Gasteiger partial charge in [-0.25, -0.2) is 4.79 Å². The molecule has 2 heterocycles. The van der Waals surface area contributed by atoms with E-state index in [1.54, 1.807) is 0 Å². The zero-order chi connectivity index (χ0) is 26.1. The molecule has 1 unspecified atom stereocenters. The Morgan fingerprint density at radius 2 is 1.56 bits per heavy atom. The van der Waals surface area contributed by atoms with Gasteiger partial charge in [0.1, 0.15) is 5.60 Å². The molecule has 7 heteroatoms. The number of nitrogens with one attached hydrogen (secondary N) is 1. The fourth-order valence-corrected chi connectivity index (χ4v) is 10.5. The molecule has 2 aromatic carbocycles. The summed E-state index contributed by atoms with van der Waals surface area (Å²) in [5.74, 6) is 0. The average molecular weight is 511 g/mol. The summed E-state index contributed by atoms with van der Waals surface area (Å²) in [5.41, 5.74) is -0.554. The topological polar surface area (TPSA) is 71.0 Å². The Bertz CT molecular complexity index is 980. The molecule has 0 aliphatic carbocycles. The minimum absolute atomic E-state index is 0.103. The van der Waals surface area contributed by atoms with Gasteiger partial charge in [-0.15, -0.1) is 0 Å². The van der Waals surface area contributed by atoms with Crippen molar-refractivity contribution in [2.45, 2.75) is 89.3 Å². The summed E-state index contributed by atoms with van der Waals surface area (Å²) in [6.07, 6.45) is 0.704. The van der Waals surface area contributed by atoms with E-state index in [1.165, 1.54) is 10.4 Å². The molecule has 196 valence electrons. The maximum absolute atomic E-state index is 13.0. The van der Waals surface area contributed by atoms with Crippen molar-refractivity contribution < 1.29 is 19.1 Å². The van der Waals surface area contributed by atoms with Crippen LogP contribution in [-0.4, -0.2) is 67.4 Å². The van der Waals surface area contributed by atoms with Gasteiger partial charge in [-0.1, -0.05) is 81.4 Å². The largest absolute Gasteiger partial charge is 0.444 e. The van der Waals surface area contributed by atoms with Gasteiger partial charge in [0.25, 0.3) is 8.32 Å². The molecular formula is C29H42N2O4Si. The zero-order valence-corrected chi connectivity index (χ0v) is 23.5. The quantitative estimate of drug-likeness (QED) is 0.581. The van der Waals surface area contributed by atoms with Crippen LogP contribution in [0.1, 0.15) is 54.4 Å². The van der Waals surface area contributed by atoms with Crippen molar-refractivity contribution in [2.24, 2.45) is 0 Å². The number of hydrogen-bond acceptors (Lipinski definition) is 5. The molecule has 4 atom stereocenters. The van der Waals surface area contributed by atoms with Crippen LogP contribution >= 0.6 is 0 Å². The van der Waals surface area contributed by atoms with Crippen LogP contribution in [0.4, 0.5) is 4.79 Å². The maximum atomic E-state index is 13.0. The fraction of sp³-hybridized carbons (Fsp3) is 0.552. The van der Waals surface area contributed by atoms with Gasteiger partial charge in [0.05, 0.1) is 24.8 Å².